The van der Waals surface area contributed by atoms with Crippen molar-refractivity contribution in [2.45, 2.75) is 32.1 Å². The van der Waals surface area contributed by atoms with E-state index in [-0.39, 0.29) is 12.5 Å². The highest BCUT2D eigenvalue weighted by molar-refractivity contribution is 5.93. The lowest BCUT2D eigenvalue weighted by Gasteiger charge is -2.17. The summed E-state index contributed by atoms with van der Waals surface area (Å²) in [4.78, 5) is 11.2. The monoisotopic (exact) mass is 219 g/mol. The molecule has 1 aliphatic rings. The summed E-state index contributed by atoms with van der Waals surface area (Å²) in [5.74, 6) is 0.112. The molecule has 0 saturated carbocycles. The first-order valence-electron chi connectivity index (χ1n) is 5.82. The number of anilines is 1. The summed E-state index contributed by atoms with van der Waals surface area (Å²) < 4.78 is 0. The number of carbonyl (C=O) groups excluding carboxylic acids is 1. The Morgan fingerprint density at radius 2 is 2.12 bits per heavy atom. The summed E-state index contributed by atoms with van der Waals surface area (Å²) in [5, 5.41) is 11.6. The number of nitrogens with one attached hydrogen (secondary N) is 1. The molecule has 86 valence electrons. The second-order valence-corrected chi connectivity index (χ2v) is 4.22. The molecule has 3 heteroatoms. The van der Waals surface area contributed by atoms with Crippen LogP contribution in [-0.2, 0) is 17.6 Å². The molecule has 0 bridgehead atoms. The SMILES string of the molecule is O=C1CCc2cc(CCCCO)ccc2N1. The van der Waals surface area contributed by atoms with Crippen molar-refractivity contribution in [3.63, 3.8) is 0 Å². The number of rotatable bonds is 4. The summed E-state index contributed by atoms with van der Waals surface area (Å²) in [5.41, 5.74) is 3.49. The molecular formula is C13H17NO2. The fourth-order valence-electron chi connectivity index (χ4n) is 2.03. The molecule has 0 spiro atoms. The number of unbranched alkanes of at least 4 members (excludes halogenated alkanes) is 1. The van der Waals surface area contributed by atoms with E-state index in [1.54, 1.807) is 0 Å². The highest BCUT2D eigenvalue weighted by atomic mass is 16.2. The van der Waals surface area contributed by atoms with Crippen molar-refractivity contribution in [3.05, 3.63) is 29.3 Å². The van der Waals surface area contributed by atoms with Gasteiger partial charge in [0.25, 0.3) is 0 Å². The van der Waals surface area contributed by atoms with E-state index in [4.69, 9.17) is 5.11 Å². The number of amides is 1. The summed E-state index contributed by atoms with van der Waals surface area (Å²) in [6.45, 7) is 0.265. The minimum atomic E-state index is 0.112. The Morgan fingerprint density at radius 1 is 1.25 bits per heavy atom. The fourth-order valence-corrected chi connectivity index (χ4v) is 2.03. The second kappa shape index (κ2) is 5.12. The number of carbonyl (C=O) groups is 1. The van der Waals surface area contributed by atoms with Crippen LogP contribution in [0, 0.1) is 0 Å². The topological polar surface area (TPSA) is 49.3 Å². The summed E-state index contributed by atoms with van der Waals surface area (Å²) in [6.07, 6.45) is 4.30. The van der Waals surface area contributed by atoms with Crippen LogP contribution in [0.1, 0.15) is 30.4 Å². The van der Waals surface area contributed by atoms with Crippen molar-refractivity contribution in [2.24, 2.45) is 0 Å². The van der Waals surface area contributed by atoms with Gasteiger partial charge in [0, 0.05) is 18.7 Å². The molecule has 0 unspecified atom stereocenters. The molecule has 0 fully saturated rings. The molecule has 0 saturated heterocycles. The van der Waals surface area contributed by atoms with E-state index in [0.717, 1.165) is 31.4 Å². The van der Waals surface area contributed by atoms with E-state index in [9.17, 15) is 4.79 Å². The third-order valence-electron chi connectivity index (χ3n) is 2.94. The number of aliphatic hydroxyl groups excluding tert-OH is 1. The third-order valence-corrected chi connectivity index (χ3v) is 2.94. The fraction of sp³-hybridized carbons (Fsp3) is 0.462. The molecule has 2 N–H and O–H groups in total. The Labute approximate surface area is 95.5 Å². The summed E-state index contributed by atoms with van der Waals surface area (Å²) >= 11 is 0. The number of benzene rings is 1. The molecule has 1 amide bonds. The van der Waals surface area contributed by atoms with Gasteiger partial charge in [-0.3, -0.25) is 4.79 Å². The Kier molecular flexibility index (Phi) is 3.57. The van der Waals surface area contributed by atoms with Gasteiger partial charge in [-0.1, -0.05) is 12.1 Å². The van der Waals surface area contributed by atoms with Crippen molar-refractivity contribution in [2.75, 3.05) is 11.9 Å². The molecule has 1 heterocycles. The predicted molar refractivity (Wildman–Crippen MR) is 63.4 cm³/mol. The quantitative estimate of drug-likeness (QED) is 0.760. The molecular weight excluding hydrogens is 202 g/mol. The van der Waals surface area contributed by atoms with Crippen LogP contribution in [-0.4, -0.2) is 17.6 Å². The van der Waals surface area contributed by atoms with Crippen LogP contribution < -0.4 is 5.32 Å². The second-order valence-electron chi connectivity index (χ2n) is 4.22. The van der Waals surface area contributed by atoms with Crippen molar-refractivity contribution >= 4 is 11.6 Å². The molecule has 1 aromatic carbocycles. The zero-order chi connectivity index (χ0) is 11.4. The minimum absolute atomic E-state index is 0.112. The summed E-state index contributed by atoms with van der Waals surface area (Å²) in [6, 6.07) is 6.22. The lowest BCUT2D eigenvalue weighted by Crippen LogP contribution is -2.18. The van der Waals surface area contributed by atoms with Crippen LogP contribution in [0.3, 0.4) is 0 Å². The molecule has 3 nitrogen and oxygen atoms in total. The van der Waals surface area contributed by atoms with Crippen molar-refractivity contribution in [1.29, 1.82) is 0 Å². The van der Waals surface area contributed by atoms with E-state index in [1.165, 1.54) is 11.1 Å². The van der Waals surface area contributed by atoms with Gasteiger partial charge in [-0.25, -0.2) is 0 Å². The molecule has 0 atom stereocenters. The van der Waals surface area contributed by atoms with Crippen LogP contribution in [0.5, 0.6) is 0 Å². The lowest BCUT2D eigenvalue weighted by atomic mass is 9.98. The van der Waals surface area contributed by atoms with Crippen molar-refractivity contribution in [1.82, 2.24) is 0 Å². The Hall–Kier alpha value is -1.35. The lowest BCUT2D eigenvalue weighted by molar-refractivity contribution is -0.116. The van der Waals surface area contributed by atoms with Crippen LogP contribution in [0.2, 0.25) is 0 Å². The molecule has 0 radical (unpaired) electrons. The van der Waals surface area contributed by atoms with Gasteiger partial charge in [0.15, 0.2) is 0 Å². The van der Waals surface area contributed by atoms with E-state index < -0.39 is 0 Å². The van der Waals surface area contributed by atoms with Crippen molar-refractivity contribution in [3.8, 4) is 0 Å². The maximum absolute atomic E-state index is 11.2. The minimum Gasteiger partial charge on any atom is -0.396 e. The van der Waals surface area contributed by atoms with Crippen molar-refractivity contribution < 1.29 is 9.90 Å². The van der Waals surface area contributed by atoms with E-state index in [0.29, 0.717) is 6.42 Å². The molecule has 1 aliphatic heterocycles. The van der Waals surface area contributed by atoms with Crippen LogP contribution in [0.4, 0.5) is 5.69 Å². The highest BCUT2D eigenvalue weighted by Gasteiger charge is 2.14. The molecule has 2 rings (SSSR count). The van der Waals surface area contributed by atoms with Gasteiger partial charge >= 0.3 is 0 Å². The maximum Gasteiger partial charge on any atom is 0.224 e. The zero-order valence-electron chi connectivity index (χ0n) is 9.33. The van der Waals surface area contributed by atoms with E-state index >= 15 is 0 Å². The number of hydrogen-bond donors (Lipinski definition) is 2. The summed E-state index contributed by atoms with van der Waals surface area (Å²) in [7, 11) is 0. The van der Waals surface area contributed by atoms with Gasteiger partial charge in [-0.05, 0) is 42.9 Å². The van der Waals surface area contributed by atoms with Crippen LogP contribution in [0.15, 0.2) is 18.2 Å². The van der Waals surface area contributed by atoms with Gasteiger partial charge in [-0.2, -0.15) is 0 Å². The molecule has 16 heavy (non-hydrogen) atoms. The van der Waals surface area contributed by atoms with Gasteiger partial charge in [0.05, 0.1) is 0 Å². The molecule has 0 aromatic heterocycles. The standard InChI is InChI=1S/C13H17NO2/c15-8-2-1-3-10-4-6-12-11(9-10)5-7-13(16)14-12/h4,6,9,15H,1-3,5,7-8H2,(H,14,16). The van der Waals surface area contributed by atoms with Crippen LogP contribution >= 0.6 is 0 Å². The van der Waals surface area contributed by atoms with Gasteiger partial charge < -0.3 is 10.4 Å². The molecule has 0 aliphatic carbocycles. The first-order chi connectivity index (χ1) is 7.79. The maximum atomic E-state index is 11.2. The van der Waals surface area contributed by atoms with Gasteiger partial charge in [-0.15, -0.1) is 0 Å². The zero-order valence-corrected chi connectivity index (χ0v) is 9.33. The number of aryl methyl sites for hydroxylation is 2. The molecule has 1 aromatic rings. The Bertz CT molecular complexity index is 388. The van der Waals surface area contributed by atoms with E-state index in [2.05, 4.69) is 17.4 Å². The van der Waals surface area contributed by atoms with E-state index in [1.807, 2.05) is 6.07 Å². The third kappa shape index (κ3) is 2.61. The Balaban J connectivity index is 2.04. The first-order valence-corrected chi connectivity index (χ1v) is 5.82. The van der Waals surface area contributed by atoms with Crippen LogP contribution in [0.25, 0.3) is 0 Å². The number of hydrogen-bond acceptors (Lipinski definition) is 2. The normalized spacial score (nSPS) is 14.4. The largest absolute Gasteiger partial charge is 0.396 e. The predicted octanol–water partition coefficient (Wildman–Crippen LogP) is 1.89. The average molecular weight is 219 g/mol. The smallest absolute Gasteiger partial charge is 0.224 e. The number of fused-ring (bicyclic) bond motifs is 1. The average Bonchev–Trinajstić information content (AvgIpc) is 2.29. The highest BCUT2D eigenvalue weighted by Crippen LogP contribution is 2.24. The van der Waals surface area contributed by atoms with Gasteiger partial charge in [0.1, 0.15) is 0 Å². The van der Waals surface area contributed by atoms with Gasteiger partial charge in [0.2, 0.25) is 5.91 Å². The Morgan fingerprint density at radius 3 is 2.94 bits per heavy atom. The number of aliphatic hydroxyl groups is 1. The first kappa shape index (κ1) is 11.1.